The second kappa shape index (κ2) is 12.3. The number of esters is 1. The van der Waals surface area contributed by atoms with Crippen molar-refractivity contribution in [2.24, 2.45) is 0 Å². The van der Waals surface area contributed by atoms with Crippen molar-refractivity contribution in [1.29, 1.82) is 0 Å². The monoisotopic (exact) mass is 443 g/mol. The molecular weight excluding hydrogens is 414 g/mol. The van der Waals surface area contributed by atoms with Crippen molar-refractivity contribution in [3.05, 3.63) is 48.0 Å². The third-order valence-electron chi connectivity index (χ3n) is 4.55. The van der Waals surface area contributed by atoms with Crippen molar-refractivity contribution < 1.29 is 33.3 Å². The summed E-state index contributed by atoms with van der Waals surface area (Å²) in [4.78, 5) is 36.9. The molecule has 2 aromatic carbocycles. The lowest BCUT2D eigenvalue weighted by atomic mass is 10.1. The van der Waals surface area contributed by atoms with Gasteiger partial charge in [0, 0.05) is 18.1 Å². The Balaban J connectivity index is 1.84. The van der Waals surface area contributed by atoms with Crippen LogP contribution in [0.5, 0.6) is 17.2 Å². The highest BCUT2D eigenvalue weighted by Gasteiger charge is 2.20. The Labute approximate surface area is 187 Å². The molecule has 32 heavy (non-hydrogen) atoms. The van der Waals surface area contributed by atoms with Gasteiger partial charge in [-0.05, 0) is 49.7 Å². The van der Waals surface area contributed by atoms with E-state index in [1.165, 1.54) is 21.1 Å². The SMILES string of the molecule is CCCOc1ccc(C(=O)CCC(=O)OC(C)C(=O)Nc2cc(OC)ccc2OC)cc1. The van der Waals surface area contributed by atoms with Gasteiger partial charge in [0.25, 0.3) is 5.91 Å². The fourth-order valence-corrected chi connectivity index (χ4v) is 2.77. The van der Waals surface area contributed by atoms with Crippen LogP contribution in [0, 0.1) is 0 Å². The zero-order valence-corrected chi connectivity index (χ0v) is 18.8. The van der Waals surface area contributed by atoms with Crippen LogP contribution in [0.2, 0.25) is 0 Å². The van der Waals surface area contributed by atoms with Crippen molar-refractivity contribution in [1.82, 2.24) is 0 Å². The van der Waals surface area contributed by atoms with Crippen molar-refractivity contribution >= 4 is 23.3 Å². The quantitative estimate of drug-likeness (QED) is 0.390. The summed E-state index contributed by atoms with van der Waals surface area (Å²) in [5.41, 5.74) is 0.874. The maximum atomic E-state index is 12.4. The van der Waals surface area contributed by atoms with Crippen molar-refractivity contribution in [3.8, 4) is 17.2 Å². The number of hydrogen-bond acceptors (Lipinski definition) is 7. The highest BCUT2D eigenvalue weighted by atomic mass is 16.5. The standard InChI is InChI=1S/C24H29NO7/c1-5-14-31-18-8-6-17(7-9-18)21(26)11-13-23(27)32-16(2)24(28)25-20-15-19(29-3)10-12-22(20)30-4/h6-10,12,15-16H,5,11,13-14H2,1-4H3,(H,25,28). The molecule has 2 rings (SSSR count). The first-order chi connectivity index (χ1) is 15.4. The van der Waals surface area contributed by atoms with Crippen LogP contribution in [0.3, 0.4) is 0 Å². The Bertz CT molecular complexity index is 924. The Morgan fingerprint density at radius 3 is 2.25 bits per heavy atom. The zero-order chi connectivity index (χ0) is 23.5. The second-order valence-electron chi connectivity index (χ2n) is 6.98. The number of carbonyl (C=O) groups is 3. The second-order valence-corrected chi connectivity index (χ2v) is 6.98. The molecule has 0 heterocycles. The summed E-state index contributed by atoms with van der Waals surface area (Å²) in [6, 6.07) is 11.7. The number of carbonyl (C=O) groups excluding carboxylic acids is 3. The number of hydrogen-bond donors (Lipinski definition) is 1. The van der Waals surface area contributed by atoms with Crippen LogP contribution in [0.15, 0.2) is 42.5 Å². The Morgan fingerprint density at radius 1 is 0.938 bits per heavy atom. The minimum Gasteiger partial charge on any atom is -0.497 e. The Morgan fingerprint density at radius 2 is 1.62 bits per heavy atom. The lowest BCUT2D eigenvalue weighted by Crippen LogP contribution is -2.30. The number of nitrogens with one attached hydrogen (secondary N) is 1. The lowest BCUT2D eigenvalue weighted by Gasteiger charge is -2.16. The van der Waals surface area contributed by atoms with Crippen LogP contribution in [0.4, 0.5) is 5.69 Å². The van der Waals surface area contributed by atoms with E-state index in [9.17, 15) is 14.4 Å². The minimum atomic E-state index is -1.05. The number of ketones is 1. The van der Waals surface area contributed by atoms with E-state index in [1.807, 2.05) is 6.92 Å². The Hall–Kier alpha value is -3.55. The largest absolute Gasteiger partial charge is 0.497 e. The molecular formula is C24H29NO7. The maximum absolute atomic E-state index is 12.4. The molecule has 8 heteroatoms. The third kappa shape index (κ3) is 7.30. The summed E-state index contributed by atoms with van der Waals surface area (Å²) in [6.45, 7) is 4.07. The number of rotatable bonds is 12. The molecule has 0 saturated heterocycles. The molecule has 0 aliphatic heterocycles. The van der Waals surface area contributed by atoms with E-state index in [2.05, 4.69) is 5.32 Å². The first-order valence-corrected chi connectivity index (χ1v) is 10.4. The molecule has 0 radical (unpaired) electrons. The van der Waals surface area contributed by atoms with Gasteiger partial charge in [0.1, 0.15) is 17.2 Å². The molecule has 0 fully saturated rings. The first kappa shape index (κ1) is 24.7. The van der Waals surface area contributed by atoms with Gasteiger partial charge in [0.05, 0.1) is 32.9 Å². The molecule has 1 N–H and O–H groups in total. The van der Waals surface area contributed by atoms with Gasteiger partial charge in [-0.3, -0.25) is 14.4 Å². The van der Waals surface area contributed by atoms with Gasteiger partial charge in [-0.25, -0.2) is 0 Å². The zero-order valence-electron chi connectivity index (χ0n) is 18.8. The molecule has 0 aliphatic rings. The van der Waals surface area contributed by atoms with E-state index in [4.69, 9.17) is 18.9 Å². The van der Waals surface area contributed by atoms with Gasteiger partial charge in [-0.15, -0.1) is 0 Å². The van der Waals surface area contributed by atoms with Gasteiger partial charge >= 0.3 is 5.97 Å². The van der Waals surface area contributed by atoms with E-state index >= 15 is 0 Å². The number of Topliss-reactive ketones (excluding diaryl/α,β-unsaturated/α-hetero) is 1. The maximum Gasteiger partial charge on any atom is 0.307 e. The Kier molecular flexibility index (Phi) is 9.53. The highest BCUT2D eigenvalue weighted by Crippen LogP contribution is 2.29. The summed E-state index contributed by atoms with van der Waals surface area (Å²) >= 11 is 0. The third-order valence-corrected chi connectivity index (χ3v) is 4.55. The van der Waals surface area contributed by atoms with Crippen molar-refractivity contribution in [2.75, 3.05) is 26.1 Å². The molecule has 1 unspecified atom stereocenters. The number of amides is 1. The summed E-state index contributed by atoms with van der Waals surface area (Å²) in [5.74, 6) is 0.307. The van der Waals surface area contributed by atoms with Gasteiger partial charge in [0.2, 0.25) is 0 Å². The van der Waals surface area contributed by atoms with Crippen LogP contribution in [-0.4, -0.2) is 44.6 Å². The number of benzene rings is 2. The summed E-state index contributed by atoms with van der Waals surface area (Å²) < 4.78 is 21.0. The fraction of sp³-hybridized carbons (Fsp3) is 0.375. The molecule has 2 aromatic rings. The summed E-state index contributed by atoms with van der Waals surface area (Å²) in [6.07, 6.45) is -0.311. The van der Waals surface area contributed by atoms with Crippen LogP contribution in [0.1, 0.15) is 43.5 Å². The molecule has 0 spiro atoms. The average Bonchev–Trinajstić information content (AvgIpc) is 2.81. The smallest absolute Gasteiger partial charge is 0.307 e. The van der Waals surface area contributed by atoms with Gasteiger partial charge in [-0.1, -0.05) is 6.92 Å². The van der Waals surface area contributed by atoms with Crippen LogP contribution < -0.4 is 19.5 Å². The predicted molar refractivity (Wildman–Crippen MR) is 120 cm³/mol. The average molecular weight is 443 g/mol. The van der Waals surface area contributed by atoms with E-state index in [0.29, 0.717) is 35.1 Å². The first-order valence-electron chi connectivity index (χ1n) is 10.4. The minimum absolute atomic E-state index is 0.0218. The van der Waals surface area contributed by atoms with E-state index in [0.717, 1.165) is 6.42 Å². The van der Waals surface area contributed by atoms with Gasteiger partial charge < -0.3 is 24.3 Å². The number of methoxy groups -OCH3 is 2. The van der Waals surface area contributed by atoms with Gasteiger partial charge in [-0.2, -0.15) is 0 Å². The highest BCUT2D eigenvalue weighted by molar-refractivity contribution is 5.98. The topological polar surface area (TPSA) is 100 Å². The molecule has 1 amide bonds. The van der Waals surface area contributed by atoms with Gasteiger partial charge in [0.15, 0.2) is 11.9 Å². The summed E-state index contributed by atoms with van der Waals surface area (Å²) in [7, 11) is 2.98. The number of anilines is 1. The van der Waals surface area contributed by atoms with Crippen molar-refractivity contribution in [3.63, 3.8) is 0 Å². The fourth-order valence-electron chi connectivity index (χ4n) is 2.77. The molecule has 172 valence electrons. The van der Waals surface area contributed by atoms with Crippen LogP contribution >= 0.6 is 0 Å². The molecule has 1 atom stereocenters. The van der Waals surface area contributed by atoms with E-state index < -0.39 is 18.0 Å². The molecule has 0 aliphatic carbocycles. The normalized spacial score (nSPS) is 11.2. The molecule has 8 nitrogen and oxygen atoms in total. The van der Waals surface area contributed by atoms with E-state index in [-0.39, 0.29) is 18.6 Å². The number of ether oxygens (including phenoxy) is 4. The molecule has 0 bridgehead atoms. The van der Waals surface area contributed by atoms with E-state index in [1.54, 1.807) is 42.5 Å². The lowest BCUT2D eigenvalue weighted by molar-refractivity contribution is -0.153. The van der Waals surface area contributed by atoms with Crippen LogP contribution in [-0.2, 0) is 14.3 Å². The summed E-state index contributed by atoms with van der Waals surface area (Å²) in [5, 5.41) is 2.65. The van der Waals surface area contributed by atoms with Crippen LogP contribution in [0.25, 0.3) is 0 Å². The molecule has 0 aromatic heterocycles. The van der Waals surface area contributed by atoms with Crippen molar-refractivity contribution in [2.45, 2.75) is 39.2 Å². The predicted octanol–water partition coefficient (Wildman–Crippen LogP) is 4.03. The molecule has 0 saturated carbocycles.